The van der Waals surface area contributed by atoms with Crippen molar-refractivity contribution in [3.8, 4) is 5.88 Å². The van der Waals surface area contributed by atoms with Crippen molar-refractivity contribution in [1.82, 2.24) is 4.98 Å². The summed E-state index contributed by atoms with van der Waals surface area (Å²) in [4.78, 5) is 4.18. The molecule has 1 atom stereocenters. The van der Waals surface area contributed by atoms with E-state index in [1.165, 1.54) is 0 Å². The minimum Gasteiger partial charge on any atom is -0.475 e. The highest BCUT2D eigenvalue weighted by molar-refractivity contribution is 5.19. The minimum atomic E-state index is 0.00827. The van der Waals surface area contributed by atoms with E-state index < -0.39 is 0 Å². The van der Waals surface area contributed by atoms with Crippen LogP contribution in [0.5, 0.6) is 5.88 Å². The molecule has 1 aromatic rings. The molecular weight excluding hydrogens is 216 g/mol. The summed E-state index contributed by atoms with van der Waals surface area (Å²) in [5, 5.41) is 0. The normalized spacial score (nSPS) is 12.4. The van der Waals surface area contributed by atoms with Gasteiger partial charge in [-0.2, -0.15) is 0 Å². The highest BCUT2D eigenvalue weighted by atomic mass is 16.5. The second-order valence-corrected chi connectivity index (χ2v) is 4.03. The molecule has 0 aliphatic carbocycles. The molecule has 1 rings (SSSR count). The molecule has 0 fully saturated rings. The minimum absolute atomic E-state index is 0.00827. The van der Waals surface area contributed by atoms with E-state index in [0.29, 0.717) is 19.1 Å². The number of unbranched alkanes of at least 4 members (excludes halogenated alkanes) is 1. The lowest BCUT2D eigenvalue weighted by molar-refractivity contribution is 0.0965. The molecule has 0 aromatic carbocycles. The van der Waals surface area contributed by atoms with Gasteiger partial charge in [-0.1, -0.05) is 19.4 Å². The zero-order valence-electron chi connectivity index (χ0n) is 10.7. The fourth-order valence-corrected chi connectivity index (χ4v) is 1.30. The first kappa shape index (κ1) is 13.9. The van der Waals surface area contributed by atoms with Gasteiger partial charge in [0.05, 0.1) is 6.61 Å². The summed E-state index contributed by atoms with van der Waals surface area (Å²) in [6.07, 6.45) is 4.00. The molecule has 4 nitrogen and oxygen atoms in total. The van der Waals surface area contributed by atoms with Crippen molar-refractivity contribution in [3.63, 3.8) is 0 Å². The van der Waals surface area contributed by atoms with Crippen LogP contribution in [0.15, 0.2) is 18.3 Å². The van der Waals surface area contributed by atoms with Crippen molar-refractivity contribution >= 4 is 0 Å². The highest BCUT2D eigenvalue weighted by Gasteiger charge is 2.00. The number of nitrogens with two attached hydrogens (primary N) is 1. The molecule has 0 bridgehead atoms. The third-order valence-electron chi connectivity index (χ3n) is 2.40. The van der Waals surface area contributed by atoms with E-state index in [0.717, 1.165) is 25.0 Å². The highest BCUT2D eigenvalue weighted by Crippen LogP contribution is 2.12. The molecule has 0 spiro atoms. The summed E-state index contributed by atoms with van der Waals surface area (Å²) in [6, 6.07) is 3.78. The molecule has 1 aromatic heterocycles. The van der Waals surface area contributed by atoms with Crippen LogP contribution < -0.4 is 10.5 Å². The van der Waals surface area contributed by atoms with Crippen molar-refractivity contribution in [1.29, 1.82) is 0 Å². The van der Waals surface area contributed by atoms with Crippen LogP contribution in [0.4, 0.5) is 0 Å². The Morgan fingerprint density at radius 2 is 2.12 bits per heavy atom. The number of hydrogen-bond donors (Lipinski definition) is 1. The maximum absolute atomic E-state index is 5.73. The summed E-state index contributed by atoms with van der Waals surface area (Å²) in [5.74, 6) is 0.619. The molecule has 17 heavy (non-hydrogen) atoms. The topological polar surface area (TPSA) is 57.4 Å². The summed E-state index contributed by atoms with van der Waals surface area (Å²) in [6.45, 7) is 6.02. The van der Waals surface area contributed by atoms with Crippen LogP contribution in [0.3, 0.4) is 0 Å². The van der Waals surface area contributed by atoms with Crippen molar-refractivity contribution in [3.05, 3.63) is 23.9 Å². The predicted octanol–water partition coefficient (Wildman–Crippen LogP) is 2.30. The molecule has 1 heterocycles. The van der Waals surface area contributed by atoms with Gasteiger partial charge in [-0.25, -0.2) is 4.98 Å². The van der Waals surface area contributed by atoms with Crippen LogP contribution in [0.25, 0.3) is 0 Å². The zero-order chi connectivity index (χ0) is 12.5. The van der Waals surface area contributed by atoms with Gasteiger partial charge in [0.2, 0.25) is 5.88 Å². The maximum Gasteiger partial charge on any atom is 0.213 e. The number of hydrogen-bond acceptors (Lipinski definition) is 4. The Labute approximate surface area is 103 Å². The van der Waals surface area contributed by atoms with Gasteiger partial charge in [-0.05, 0) is 18.9 Å². The van der Waals surface area contributed by atoms with E-state index in [4.69, 9.17) is 15.2 Å². The molecule has 0 saturated carbocycles. The zero-order valence-corrected chi connectivity index (χ0v) is 10.7. The van der Waals surface area contributed by atoms with E-state index in [9.17, 15) is 0 Å². The average Bonchev–Trinajstić information content (AvgIpc) is 2.34. The average molecular weight is 238 g/mol. The summed E-state index contributed by atoms with van der Waals surface area (Å²) >= 11 is 0. The van der Waals surface area contributed by atoms with E-state index >= 15 is 0 Å². The van der Waals surface area contributed by atoms with E-state index in [1.54, 1.807) is 6.20 Å². The largest absolute Gasteiger partial charge is 0.475 e. The molecule has 96 valence electrons. The summed E-state index contributed by atoms with van der Waals surface area (Å²) in [7, 11) is 0. The van der Waals surface area contributed by atoms with Gasteiger partial charge >= 0.3 is 0 Å². The Hall–Kier alpha value is -1.13. The Balaban J connectivity index is 2.19. The van der Waals surface area contributed by atoms with Gasteiger partial charge in [-0.3, -0.25) is 0 Å². The van der Waals surface area contributed by atoms with Crippen molar-refractivity contribution in [2.75, 3.05) is 19.8 Å². The summed E-state index contributed by atoms with van der Waals surface area (Å²) in [5.41, 5.74) is 6.74. The van der Waals surface area contributed by atoms with Gasteiger partial charge in [-0.15, -0.1) is 0 Å². The van der Waals surface area contributed by atoms with Crippen LogP contribution >= 0.6 is 0 Å². The van der Waals surface area contributed by atoms with Crippen LogP contribution in [0.2, 0.25) is 0 Å². The molecule has 0 radical (unpaired) electrons. The lowest BCUT2D eigenvalue weighted by Gasteiger charge is -2.08. The SMILES string of the molecule is CCCCOCCOc1ccc(C(C)N)cn1. The second kappa shape index (κ2) is 8.03. The summed E-state index contributed by atoms with van der Waals surface area (Å²) < 4.78 is 10.8. The van der Waals surface area contributed by atoms with Crippen LogP contribution in [-0.2, 0) is 4.74 Å². The Bertz CT molecular complexity index is 299. The first-order chi connectivity index (χ1) is 8.24. The Kier molecular flexibility index (Phi) is 6.58. The van der Waals surface area contributed by atoms with Gasteiger partial charge in [0, 0.05) is 24.9 Å². The molecule has 0 saturated heterocycles. The van der Waals surface area contributed by atoms with E-state index in [2.05, 4.69) is 11.9 Å². The molecular formula is C13H22N2O2. The Morgan fingerprint density at radius 1 is 1.29 bits per heavy atom. The maximum atomic E-state index is 5.73. The van der Waals surface area contributed by atoms with Gasteiger partial charge in [0.15, 0.2) is 0 Å². The fraction of sp³-hybridized carbons (Fsp3) is 0.615. The van der Waals surface area contributed by atoms with Crippen molar-refractivity contribution < 1.29 is 9.47 Å². The molecule has 0 aliphatic heterocycles. The molecule has 0 aliphatic rings. The number of nitrogens with zero attached hydrogens (tertiary/aromatic N) is 1. The quantitative estimate of drug-likeness (QED) is 0.706. The number of aromatic nitrogens is 1. The first-order valence-corrected chi connectivity index (χ1v) is 6.16. The lowest BCUT2D eigenvalue weighted by atomic mass is 10.2. The molecule has 4 heteroatoms. The Morgan fingerprint density at radius 3 is 2.71 bits per heavy atom. The fourth-order valence-electron chi connectivity index (χ4n) is 1.30. The van der Waals surface area contributed by atoms with Crippen LogP contribution in [0.1, 0.15) is 38.3 Å². The van der Waals surface area contributed by atoms with Crippen molar-refractivity contribution in [2.24, 2.45) is 5.73 Å². The standard InChI is InChI=1S/C13H22N2O2/c1-3-4-7-16-8-9-17-13-6-5-12(10-15-13)11(2)14/h5-6,10-11H,3-4,7-9,14H2,1-2H3. The van der Waals surface area contributed by atoms with Gasteiger partial charge in [0.1, 0.15) is 6.61 Å². The van der Waals surface area contributed by atoms with Gasteiger partial charge < -0.3 is 15.2 Å². The molecule has 1 unspecified atom stereocenters. The lowest BCUT2D eigenvalue weighted by Crippen LogP contribution is -2.09. The smallest absolute Gasteiger partial charge is 0.213 e. The monoisotopic (exact) mass is 238 g/mol. The number of ether oxygens (including phenoxy) is 2. The molecule has 2 N–H and O–H groups in total. The van der Waals surface area contributed by atoms with E-state index in [1.807, 2.05) is 19.1 Å². The van der Waals surface area contributed by atoms with E-state index in [-0.39, 0.29) is 6.04 Å². The van der Waals surface area contributed by atoms with Crippen LogP contribution in [0, 0.1) is 0 Å². The second-order valence-electron chi connectivity index (χ2n) is 4.03. The number of pyridine rings is 1. The predicted molar refractivity (Wildman–Crippen MR) is 68.1 cm³/mol. The third kappa shape index (κ3) is 5.65. The van der Waals surface area contributed by atoms with Gasteiger partial charge in [0.25, 0.3) is 0 Å². The molecule has 0 amide bonds. The van der Waals surface area contributed by atoms with Crippen molar-refractivity contribution in [2.45, 2.75) is 32.7 Å². The van der Waals surface area contributed by atoms with Crippen LogP contribution in [-0.4, -0.2) is 24.8 Å². The number of rotatable bonds is 8. The third-order valence-corrected chi connectivity index (χ3v) is 2.40. The first-order valence-electron chi connectivity index (χ1n) is 6.16.